The highest BCUT2D eigenvalue weighted by molar-refractivity contribution is 7.91. The van der Waals surface area contributed by atoms with Crippen LogP contribution in [0.25, 0.3) is 17.1 Å². The first-order valence-electron chi connectivity index (χ1n) is 9.36. The molecule has 0 bridgehead atoms. The van der Waals surface area contributed by atoms with Crippen LogP contribution < -0.4 is 0 Å². The molecular weight excluding hydrogens is 430 g/mol. The molecule has 30 heavy (non-hydrogen) atoms. The van der Waals surface area contributed by atoms with E-state index in [9.17, 15) is 17.2 Å². The van der Waals surface area contributed by atoms with Gasteiger partial charge in [-0.05, 0) is 74.2 Å². The van der Waals surface area contributed by atoms with E-state index in [-0.39, 0.29) is 29.2 Å². The van der Waals surface area contributed by atoms with E-state index in [2.05, 4.69) is 5.10 Å². The third-order valence-corrected chi connectivity index (χ3v) is 7.36. The number of hydrogen-bond donors (Lipinski definition) is 0. The molecule has 0 radical (unpaired) electrons. The normalized spacial score (nSPS) is 18.2. The van der Waals surface area contributed by atoms with Crippen LogP contribution in [0.5, 0.6) is 0 Å². The van der Waals surface area contributed by atoms with E-state index in [0.717, 1.165) is 0 Å². The molecule has 0 aliphatic carbocycles. The summed E-state index contributed by atoms with van der Waals surface area (Å²) in [6.07, 6.45) is 0.565. The lowest BCUT2D eigenvalue weighted by atomic mass is 10.2. The maximum absolute atomic E-state index is 13.4. The van der Waals surface area contributed by atoms with E-state index >= 15 is 0 Å². The van der Waals surface area contributed by atoms with Crippen molar-refractivity contribution in [3.8, 4) is 17.1 Å². The summed E-state index contributed by atoms with van der Waals surface area (Å²) in [6.45, 7) is 0.293. The third-order valence-electron chi connectivity index (χ3n) is 5.22. The van der Waals surface area contributed by atoms with Crippen LogP contribution in [0.4, 0.5) is 8.78 Å². The molecule has 4 rings (SSSR count). The van der Waals surface area contributed by atoms with Crippen LogP contribution in [-0.4, -0.2) is 52.3 Å². The van der Waals surface area contributed by atoms with Crippen LogP contribution in [-0.2, 0) is 16.5 Å². The molecule has 0 amide bonds. The van der Waals surface area contributed by atoms with Crippen molar-refractivity contribution in [3.63, 3.8) is 0 Å². The zero-order chi connectivity index (χ0) is 21.5. The molecule has 1 aliphatic heterocycles. The Balaban J connectivity index is 1.75. The number of benzene rings is 2. The molecule has 3 aromatic rings. The Morgan fingerprint density at radius 2 is 1.70 bits per heavy atom. The molecule has 0 saturated carbocycles. The predicted octanol–water partition coefficient (Wildman–Crippen LogP) is 3.42. The topological polar surface area (TPSA) is 60.1 Å². The number of rotatable bonds is 5. The fraction of sp³-hybridized carbons (Fsp3) is 0.300. The molecule has 1 aromatic heterocycles. The molecule has 158 valence electrons. The molecule has 0 spiro atoms. The summed E-state index contributed by atoms with van der Waals surface area (Å²) in [4.78, 5) is 1.91. The van der Waals surface area contributed by atoms with Crippen molar-refractivity contribution in [2.24, 2.45) is 0 Å². The lowest BCUT2D eigenvalue weighted by Crippen LogP contribution is -2.34. The Labute approximate surface area is 178 Å². The summed E-state index contributed by atoms with van der Waals surface area (Å²) in [5.41, 5.74) is 1.27. The second-order valence-corrected chi connectivity index (χ2v) is 9.97. The van der Waals surface area contributed by atoms with Gasteiger partial charge in [0, 0.05) is 11.6 Å². The van der Waals surface area contributed by atoms with Gasteiger partial charge in [0.05, 0.1) is 23.9 Å². The second kappa shape index (κ2) is 8.01. The van der Waals surface area contributed by atoms with Gasteiger partial charge in [-0.2, -0.15) is 0 Å². The maximum Gasteiger partial charge on any atom is 0.204 e. The van der Waals surface area contributed by atoms with E-state index in [4.69, 9.17) is 12.2 Å². The number of halogens is 2. The number of hydrogen-bond acceptors (Lipinski definition) is 5. The average molecular weight is 451 g/mol. The standard InChI is InChI=1S/C20H20F2N4O2S2/c1-24(18-10-11-30(27,28)12-18)13-25-20(29)26(17-8-6-16(22)7-9-17)19(23-25)14-2-4-15(21)5-3-14/h2-9,18H,10-13H2,1H3. The lowest BCUT2D eigenvalue weighted by molar-refractivity contribution is 0.196. The van der Waals surface area contributed by atoms with Gasteiger partial charge in [0.15, 0.2) is 15.7 Å². The van der Waals surface area contributed by atoms with E-state index in [1.54, 1.807) is 33.5 Å². The molecule has 1 unspecified atom stereocenters. The van der Waals surface area contributed by atoms with Gasteiger partial charge < -0.3 is 0 Å². The van der Waals surface area contributed by atoms with Crippen molar-refractivity contribution in [2.45, 2.75) is 19.1 Å². The molecule has 0 N–H and O–H groups in total. The van der Waals surface area contributed by atoms with Gasteiger partial charge in [0.2, 0.25) is 4.77 Å². The van der Waals surface area contributed by atoms with Gasteiger partial charge in [-0.25, -0.2) is 21.9 Å². The van der Waals surface area contributed by atoms with Crippen molar-refractivity contribution in [1.82, 2.24) is 19.2 Å². The quantitative estimate of drug-likeness (QED) is 0.558. The SMILES string of the molecule is CN(Cn1nc(-c2ccc(F)cc2)n(-c2ccc(F)cc2)c1=S)C1CCS(=O)(=O)C1. The molecule has 1 saturated heterocycles. The Morgan fingerprint density at radius 3 is 2.27 bits per heavy atom. The van der Waals surface area contributed by atoms with E-state index in [1.165, 1.54) is 24.3 Å². The van der Waals surface area contributed by atoms with E-state index in [1.807, 2.05) is 11.9 Å². The van der Waals surface area contributed by atoms with Crippen molar-refractivity contribution in [2.75, 3.05) is 18.6 Å². The summed E-state index contributed by atoms with van der Waals surface area (Å²) >= 11 is 5.64. The highest BCUT2D eigenvalue weighted by atomic mass is 32.2. The van der Waals surface area contributed by atoms with Gasteiger partial charge in [-0.15, -0.1) is 5.10 Å². The van der Waals surface area contributed by atoms with Gasteiger partial charge in [0.25, 0.3) is 0 Å². The van der Waals surface area contributed by atoms with Crippen LogP contribution in [0.2, 0.25) is 0 Å². The fourth-order valence-electron chi connectivity index (χ4n) is 3.56. The fourth-order valence-corrected chi connectivity index (χ4v) is 5.65. The molecule has 2 aromatic carbocycles. The number of nitrogens with zero attached hydrogens (tertiary/aromatic N) is 4. The van der Waals surface area contributed by atoms with Crippen LogP contribution >= 0.6 is 12.2 Å². The largest absolute Gasteiger partial charge is 0.283 e. The van der Waals surface area contributed by atoms with Crippen LogP contribution in [0.3, 0.4) is 0 Å². The first-order chi connectivity index (χ1) is 14.2. The highest BCUT2D eigenvalue weighted by Gasteiger charge is 2.31. The molecule has 10 heteroatoms. The smallest absolute Gasteiger partial charge is 0.204 e. The van der Waals surface area contributed by atoms with Gasteiger partial charge in [-0.1, -0.05) is 0 Å². The minimum atomic E-state index is -3.01. The van der Waals surface area contributed by atoms with Gasteiger partial charge in [-0.3, -0.25) is 9.47 Å². The minimum absolute atomic E-state index is 0.109. The van der Waals surface area contributed by atoms with E-state index in [0.29, 0.717) is 34.9 Å². The summed E-state index contributed by atoms with van der Waals surface area (Å²) in [5, 5.41) is 4.62. The number of sulfone groups is 1. The molecule has 1 atom stereocenters. The Kier molecular flexibility index (Phi) is 5.56. The molecule has 2 heterocycles. The zero-order valence-electron chi connectivity index (χ0n) is 16.2. The summed E-state index contributed by atoms with van der Waals surface area (Å²) in [6, 6.07) is 11.6. The predicted molar refractivity (Wildman–Crippen MR) is 113 cm³/mol. The average Bonchev–Trinajstić information content (AvgIpc) is 3.23. The van der Waals surface area contributed by atoms with Crippen molar-refractivity contribution in [1.29, 1.82) is 0 Å². The minimum Gasteiger partial charge on any atom is -0.283 e. The molecular formula is C20H20F2N4O2S2. The number of aromatic nitrogens is 3. The first kappa shape index (κ1) is 20.8. The monoisotopic (exact) mass is 450 g/mol. The zero-order valence-corrected chi connectivity index (χ0v) is 17.8. The third kappa shape index (κ3) is 4.21. The van der Waals surface area contributed by atoms with Crippen molar-refractivity contribution < 1.29 is 17.2 Å². The maximum atomic E-state index is 13.4. The Bertz CT molecular complexity index is 1220. The Morgan fingerprint density at radius 1 is 1.10 bits per heavy atom. The molecule has 1 fully saturated rings. The summed E-state index contributed by atoms with van der Waals surface area (Å²) in [7, 11) is -1.18. The summed E-state index contributed by atoms with van der Waals surface area (Å²) < 4.78 is 54.1. The lowest BCUT2D eigenvalue weighted by Gasteiger charge is -2.22. The van der Waals surface area contributed by atoms with Crippen molar-refractivity contribution in [3.05, 3.63) is 64.9 Å². The van der Waals surface area contributed by atoms with Crippen LogP contribution in [0.1, 0.15) is 6.42 Å². The summed E-state index contributed by atoms with van der Waals surface area (Å²) in [5.74, 6) is 0.0352. The molecule has 1 aliphatic rings. The second-order valence-electron chi connectivity index (χ2n) is 7.38. The highest BCUT2D eigenvalue weighted by Crippen LogP contribution is 2.24. The Hall–Kier alpha value is -2.43. The first-order valence-corrected chi connectivity index (χ1v) is 11.6. The van der Waals surface area contributed by atoms with Crippen LogP contribution in [0, 0.1) is 16.4 Å². The van der Waals surface area contributed by atoms with Gasteiger partial charge in [0.1, 0.15) is 11.6 Å². The van der Waals surface area contributed by atoms with Crippen LogP contribution in [0.15, 0.2) is 48.5 Å². The van der Waals surface area contributed by atoms with Gasteiger partial charge >= 0.3 is 0 Å². The van der Waals surface area contributed by atoms with Crippen molar-refractivity contribution >= 4 is 22.1 Å². The van der Waals surface area contributed by atoms with E-state index < -0.39 is 9.84 Å². The molecule has 6 nitrogen and oxygen atoms in total.